The Morgan fingerprint density at radius 1 is 1.11 bits per heavy atom. The average molecular weight is 305 g/mol. The summed E-state index contributed by atoms with van der Waals surface area (Å²) in [4.78, 5) is 4.34. The zero-order chi connectivity index (χ0) is 13.1. The van der Waals surface area contributed by atoms with Crippen molar-refractivity contribution in [1.82, 2.24) is 4.98 Å². The van der Waals surface area contributed by atoms with Crippen molar-refractivity contribution in [2.75, 3.05) is 5.32 Å². The average Bonchev–Trinajstić information content (AvgIpc) is 2.32. The highest BCUT2D eigenvalue weighted by molar-refractivity contribution is 9.10. The summed E-state index contributed by atoms with van der Waals surface area (Å²) in [7, 11) is 0. The number of rotatable bonds is 3. The first-order chi connectivity index (χ1) is 8.56. The number of halogens is 1. The predicted molar refractivity (Wildman–Crippen MR) is 79.9 cm³/mol. The molecule has 0 saturated heterocycles. The van der Waals surface area contributed by atoms with Gasteiger partial charge in [-0.2, -0.15) is 0 Å². The van der Waals surface area contributed by atoms with E-state index >= 15 is 0 Å². The first-order valence-electron chi connectivity index (χ1n) is 5.98. The zero-order valence-electron chi connectivity index (χ0n) is 10.9. The van der Waals surface area contributed by atoms with Gasteiger partial charge in [-0.15, -0.1) is 0 Å². The van der Waals surface area contributed by atoms with Crippen molar-refractivity contribution in [1.29, 1.82) is 0 Å². The van der Waals surface area contributed by atoms with E-state index in [1.165, 1.54) is 22.3 Å². The van der Waals surface area contributed by atoms with Crippen LogP contribution < -0.4 is 5.32 Å². The lowest BCUT2D eigenvalue weighted by Gasteiger charge is -2.10. The van der Waals surface area contributed by atoms with E-state index in [9.17, 15) is 0 Å². The van der Waals surface area contributed by atoms with Gasteiger partial charge in [0.2, 0.25) is 0 Å². The number of nitrogens with zero attached hydrogens (tertiary/aromatic N) is 1. The molecule has 2 nitrogen and oxygen atoms in total. The summed E-state index contributed by atoms with van der Waals surface area (Å²) < 4.78 is 1.04. The van der Waals surface area contributed by atoms with Crippen LogP contribution in [0, 0.1) is 20.8 Å². The van der Waals surface area contributed by atoms with Crippen LogP contribution >= 0.6 is 15.9 Å². The van der Waals surface area contributed by atoms with E-state index in [1.54, 1.807) is 0 Å². The van der Waals surface area contributed by atoms with Crippen molar-refractivity contribution >= 4 is 21.7 Å². The summed E-state index contributed by atoms with van der Waals surface area (Å²) in [6, 6.07) is 8.57. The molecule has 0 unspecified atom stereocenters. The molecule has 2 rings (SSSR count). The van der Waals surface area contributed by atoms with Crippen molar-refractivity contribution < 1.29 is 0 Å². The molecule has 94 valence electrons. The highest BCUT2D eigenvalue weighted by atomic mass is 79.9. The highest BCUT2D eigenvalue weighted by Crippen LogP contribution is 2.18. The predicted octanol–water partition coefficient (Wildman–Crippen LogP) is 4.38. The molecule has 1 aromatic heterocycles. The fourth-order valence-electron chi connectivity index (χ4n) is 1.87. The summed E-state index contributed by atoms with van der Waals surface area (Å²) >= 11 is 3.45. The van der Waals surface area contributed by atoms with Gasteiger partial charge in [-0.25, -0.2) is 4.98 Å². The topological polar surface area (TPSA) is 24.9 Å². The van der Waals surface area contributed by atoms with Gasteiger partial charge in [0.25, 0.3) is 0 Å². The zero-order valence-corrected chi connectivity index (χ0v) is 12.5. The molecule has 0 aliphatic carbocycles. The van der Waals surface area contributed by atoms with Crippen molar-refractivity contribution in [3.05, 3.63) is 57.2 Å². The lowest BCUT2D eigenvalue weighted by molar-refractivity contribution is 1.08. The van der Waals surface area contributed by atoms with Gasteiger partial charge in [0.1, 0.15) is 5.82 Å². The SMILES string of the molecule is Cc1ccc(CNc2cc(C)c(Br)cn2)c(C)c1. The van der Waals surface area contributed by atoms with Gasteiger partial charge in [-0.1, -0.05) is 23.8 Å². The van der Waals surface area contributed by atoms with Gasteiger partial charge < -0.3 is 5.32 Å². The Hall–Kier alpha value is -1.35. The van der Waals surface area contributed by atoms with Gasteiger partial charge in [0.05, 0.1) is 0 Å². The molecule has 0 bridgehead atoms. The van der Waals surface area contributed by atoms with E-state index in [0.29, 0.717) is 0 Å². The lowest BCUT2D eigenvalue weighted by atomic mass is 10.1. The third-order valence-corrected chi connectivity index (χ3v) is 3.84. The third-order valence-electron chi connectivity index (χ3n) is 3.00. The fraction of sp³-hybridized carbons (Fsp3) is 0.267. The molecule has 3 heteroatoms. The van der Waals surface area contributed by atoms with Crippen LogP contribution in [0.15, 0.2) is 34.9 Å². The second-order valence-electron chi connectivity index (χ2n) is 4.60. The molecule has 18 heavy (non-hydrogen) atoms. The monoisotopic (exact) mass is 304 g/mol. The Balaban J connectivity index is 2.09. The van der Waals surface area contributed by atoms with Crippen molar-refractivity contribution in [2.24, 2.45) is 0 Å². The number of benzene rings is 1. The molecule has 1 aromatic carbocycles. The molecule has 2 aromatic rings. The first kappa shape index (κ1) is 13.1. The third kappa shape index (κ3) is 3.10. The number of nitrogens with one attached hydrogen (secondary N) is 1. The minimum Gasteiger partial charge on any atom is -0.366 e. The molecule has 0 atom stereocenters. The van der Waals surface area contributed by atoms with Crippen LogP contribution in [0.1, 0.15) is 22.3 Å². The van der Waals surface area contributed by atoms with Crippen molar-refractivity contribution in [3.63, 3.8) is 0 Å². The smallest absolute Gasteiger partial charge is 0.126 e. The van der Waals surface area contributed by atoms with E-state index < -0.39 is 0 Å². The maximum Gasteiger partial charge on any atom is 0.126 e. The van der Waals surface area contributed by atoms with Gasteiger partial charge in [-0.05, 0) is 59.5 Å². The van der Waals surface area contributed by atoms with Gasteiger partial charge in [0, 0.05) is 17.2 Å². The maximum atomic E-state index is 4.34. The van der Waals surface area contributed by atoms with E-state index in [1.807, 2.05) is 12.3 Å². The normalized spacial score (nSPS) is 10.4. The fourth-order valence-corrected chi connectivity index (χ4v) is 2.08. The summed E-state index contributed by atoms with van der Waals surface area (Å²) in [5, 5.41) is 3.36. The Bertz CT molecular complexity index is 564. The second kappa shape index (κ2) is 5.53. The summed E-state index contributed by atoms with van der Waals surface area (Å²) in [6.45, 7) is 7.13. The molecule has 0 fully saturated rings. The Morgan fingerprint density at radius 2 is 1.89 bits per heavy atom. The lowest BCUT2D eigenvalue weighted by Crippen LogP contribution is -2.03. The Morgan fingerprint density at radius 3 is 2.56 bits per heavy atom. The van der Waals surface area contributed by atoms with Crippen LogP contribution in [0.2, 0.25) is 0 Å². The van der Waals surface area contributed by atoms with E-state index in [0.717, 1.165) is 16.8 Å². The van der Waals surface area contributed by atoms with Crippen LogP contribution in [0.5, 0.6) is 0 Å². The molecule has 0 saturated carbocycles. The van der Waals surface area contributed by atoms with Crippen LogP contribution in [0.3, 0.4) is 0 Å². The van der Waals surface area contributed by atoms with E-state index in [-0.39, 0.29) is 0 Å². The summed E-state index contributed by atoms with van der Waals surface area (Å²) in [5.74, 6) is 0.913. The van der Waals surface area contributed by atoms with Gasteiger partial charge in [-0.3, -0.25) is 0 Å². The molecular weight excluding hydrogens is 288 g/mol. The Labute approximate surface area is 117 Å². The van der Waals surface area contributed by atoms with Crippen molar-refractivity contribution in [3.8, 4) is 0 Å². The molecule has 0 amide bonds. The van der Waals surface area contributed by atoms with E-state index in [4.69, 9.17) is 0 Å². The number of anilines is 1. The second-order valence-corrected chi connectivity index (χ2v) is 5.46. The molecule has 0 spiro atoms. The first-order valence-corrected chi connectivity index (χ1v) is 6.77. The molecule has 0 aliphatic heterocycles. The maximum absolute atomic E-state index is 4.34. The highest BCUT2D eigenvalue weighted by Gasteiger charge is 2.01. The van der Waals surface area contributed by atoms with E-state index in [2.05, 4.69) is 65.2 Å². The summed E-state index contributed by atoms with van der Waals surface area (Å²) in [6.07, 6.45) is 1.83. The number of pyridine rings is 1. The van der Waals surface area contributed by atoms with Gasteiger partial charge >= 0.3 is 0 Å². The van der Waals surface area contributed by atoms with Crippen LogP contribution in [-0.2, 0) is 6.54 Å². The summed E-state index contributed by atoms with van der Waals surface area (Å²) in [5.41, 5.74) is 5.11. The quantitative estimate of drug-likeness (QED) is 0.910. The molecule has 0 radical (unpaired) electrons. The number of hydrogen-bond donors (Lipinski definition) is 1. The van der Waals surface area contributed by atoms with Crippen molar-refractivity contribution in [2.45, 2.75) is 27.3 Å². The minimum absolute atomic E-state index is 0.806. The molecule has 1 N–H and O–H groups in total. The van der Waals surface area contributed by atoms with Crippen LogP contribution in [0.4, 0.5) is 5.82 Å². The number of aromatic nitrogens is 1. The van der Waals surface area contributed by atoms with Gasteiger partial charge in [0.15, 0.2) is 0 Å². The minimum atomic E-state index is 0.806. The Kier molecular flexibility index (Phi) is 4.02. The molecular formula is C15H17BrN2. The molecule has 0 aliphatic rings. The molecule has 1 heterocycles. The van der Waals surface area contributed by atoms with Crippen LogP contribution in [0.25, 0.3) is 0 Å². The largest absolute Gasteiger partial charge is 0.366 e. The number of hydrogen-bond acceptors (Lipinski definition) is 2. The van der Waals surface area contributed by atoms with Crippen LogP contribution in [-0.4, -0.2) is 4.98 Å². The number of aryl methyl sites for hydroxylation is 3. The standard InChI is InChI=1S/C15H17BrN2/c1-10-4-5-13(11(2)6-10)8-17-15-7-12(3)14(16)9-18-15/h4-7,9H,8H2,1-3H3,(H,17,18).